The summed E-state index contributed by atoms with van der Waals surface area (Å²) >= 11 is 0. The van der Waals surface area contributed by atoms with Crippen LogP contribution < -0.4 is 5.32 Å². The fourth-order valence-electron chi connectivity index (χ4n) is 1.99. The van der Waals surface area contributed by atoms with Crippen LogP contribution in [0.2, 0.25) is 0 Å². The van der Waals surface area contributed by atoms with Gasteiger partial charge in [0.25, 0.3) is 5.91 Å². The maximum atomic E-state index is 12.2. The van der Waals surface area contributed by atoms with Crippen LogP contribution in [0.25, 0.3) is 0 Å². The average molecular weight is 279 g/mol. The van der Waals surface area contributed by atoms with Gasteiger partial charge in [-0.3, -0.25) is 14.8 Å². The standard InChI is InChI=1S/C17H17N3O/c1-18-11-13-8-14(12-19-2)10-16(9-13)20-17(21)15-6-4-3-5-7-15/h3-12H,1-2H3,(H,20,21). The third-order valence-electron chi connectivity index (χ3n) is 2.83. The second kappa shape index (κ2) is 7.14. The van der Waals surface area contributed by atoms with Gasteiger partial charge in [-0.1, -0.05) is 18.2 Å². The molecule has 4 nitrogen and oxygen atoms in total. The van der Waals surface area contributed by atoms with Crippen molar-refractivity contribution in [3.05, 3.63) is 65.2 Å². The van der Waals surface area contributed by atoms with Crippen molar-refractivity contribution in [2.75, 3.05) is 19.4 Å². The van der Waals surface area contributed by atoms with E-state index in [9.17, 15) is 4.79 Å². The highest BCUT2D eigenvalue weighted by atomic mass is 16.1. The maximum absolute atomic E-state index is 12.2. The van der Waals surface area contributed by atoms with Gasteiger partial charge in [0.05, 0.1) is 0 Å². The molecule has 0 aliphatic carbocycles. The molecule has 2 rings (SSSR count). The van der Waals surface area contributed by atoms with Crippen molar-refractivity contribution in [3.63, 3.8) is 0 Å². The highest BCUT2D eigenvalue weighted by Gasteiger charge is 2.06. The summed E-state index contributed by atoms with van der Waals surface area (Å²) in [6, 6.07) is 14.8. The van der Waals surface area contributed by atoms with Gasteiger partial charge in [-0.05, 0) is 41.5 Å². The van der Waals surface area contributed by atoms with Crippen molar-refractivity contribution in [2.45, 2.75) is 0 Å². The molecule has 0 radical (unpaired) electrons. The minimum Gasteiger partial charge on any atom is -0.322 e. The molecule has 0 heterocycles. The Morgan fingerprint density at radius 2 is 1.52 bits per heavy atom. The van der Waals surface area contributed by atoms with Gasteiger partial charge < -0.3 is 5.32 Å². The number of hydrogen-bond donors (Lipinski definition) is 1. The molecule has 0 aliphatic heterocycles. The van der Waals surface area contributed by atoms with E-state index in [0.717, 1.165) is 16.8 Å². The zero-order valence-electron chi connectivity index (χ0n) is 12.1. The van der Waals surface area contributed by atoms with Crippen LogP contribution in [0.1, 0.15) is 21.5 Å². The van der Waals surface area contributed by atoms with E-state index in [-0.39, 0.29) is 5.91 Å². The number of carbonyl (C=O) groups is 1. The van der Waals surface area contributed by atoms with Gasteiger partial charge in [0.2, 0.25) is 0 Å². The predicted octanol–water partition coefficient (Wildman–Crippen LogP) is 3.04. The molecule has 0 aliphatic rings. The molecule has 0 unspecified atom stereocenters. The van der Waals surface area contributed by atoms with Gasteiger partial charge in [-0.15, -0.1) is 0 Å². The van der Waals surface area contributed by atoms with Crippen LogP contribution in [0.15, 0.2) is 58.5 Å². The Kier molecular flexibility index (Phi) is 4.99. The second-order valence-corrected chi connectivity index (χ2v) is 4.48. The molecule has 0 aromatic heterocycles. The van der Waals surface area contributed by atoms with Crippen LogP contribution in [0.4, 0.5) is 5.69 Å². The number of aliphatic imine (C=N–C) groups is 2. The Balaban J connectivity index is 2.28. The minimum atomic E-state index is -0.138. The van der Waals surface area contributed by atoms with Crippen molar-refractivity contribution < 1.29 is 4.79 Å². The lowest BCUT2D eigenvalue weighted by Gasteiger charge is -2.07. The number of amides is 1. The Morgan fingerprint density at radius 3 is 2.05 bits per heavy atom. The molecular weight excluding hydrogens is 262 g/mol. The molecule has 0 saturated carbocycles. The largest absolute Gasteiger partial charge is 0.322 e. The molecule has 21 heavy (non-hydrogen) atoms. The van der Waals surface area contributed by atoms with Crippen molar-refractivity contribution in [1.29, 1.82) is 0 Å². The summed E-state index contributed by atoms with van der Waals surface area (Å²) in [7, 11) is 3.42. The summed E-state index contributed by atoms with van der Waals surface area (Å²) < 4.78 is 0. The molecule has 4 heteroatoms. The first-order valence-corrected chi connectivity index (χ1v) is 6.59. The monoisotopic (exact) mass is 279 g/mol. The number of hydrogen-bond acceptors (Lipinski definition) is 3. The molecule has 0 fully saturated rings. The zero-order valence-corrected chi connectivity index (χ0v) is 12.1. The van der Waals surface area contributed by atoms with E-state index in [1.165, 1.54) is 0 Å². The van der Waals surface area contributed by atoms with Gasteiger partial charge >= 0.3 is 0 Å². The number of nitrogens with one attached hydrogen (secondary N) is 1. The Labute approximate surface area is 124 Å². The molecular formula is C17H17N3O. The quantitative estimate of drug-likeness (QED) is 0.859. The molecule has 1 amide bonds. The van der Waals surface area contributed by atoms with Crippen molar-refractivity contribution in [3.8, 4) is 0 Å². The molecule has 0 bridgehead atoms. The average Bonchev–Trinajstić information content (AvgIpc) is 2.48. The highest BCUT2D eigenvalue weighted by Crippen LogP contribution is 2.14. The summed E-state index contributed by atoms with van der Waals surface area (Å²) in [5, 5.41) is 2.89. The first-order chi connectivity index (χ1) is 10.2. The number of benzene rings is 2. The van der Waals surface area contributed by atoms with E-state index in [4.69, 9.17) is 0 Å². The minimum absolute atomic E-state index is 0.138. The van der Waals surface area contributed by atoms with Crippen LogP contribution in [0.5, 0.6) is 0 Å². The van der Waals surface area contributed by atoms with Crippen LogP contribution in [0, 0.1) is 0 Å². The van der Waals surface area contributed by atoms with Crippen LogP contribution in [-0.4, -0.2) is 32.4 Å². The van der Waals surface area contributed by atoms with Crippen molar-refractivity contribution in [2.24, 2.45) is 9.98 Å². The van der Waals surface area contributed by atoms with Crippen molar-refractivity contribution in [1.82, 2.24) is 0 Å². The summed E-state index contributed by atoms with van der Waals surface area (Å²) in [5.41, 5.74) is 3.17. The number of rotatable bonds is 4. The van der Waals surface area contributed by atoms with Gasteiger partial charge in [0.1, 0.15) is 0 Å². The van der Waals surface area contributed by atoms with Crippen LogP contribution >= 0.6 is 0 Å². The second-order valence-electron chi connectivity index (χ2n) is 4.48. The topological polar surface area (TPSA) is 53.8 Å². The van der Waals surface area contributed by atoms with E-state index in [1.807, 2.05) is 36.4 Å². The number of anilines is 1. The predicted molar refractivity (Wildman–Crippen MR) is 87.9 cm³/mol. The maximum Gasteiger partial charge on any atom is 0.255 e. The Morgan fingerprint density at radius 1 is 0.952 bits per heavy atom. The normalized spacial score (nSPS) is 11.1. The summed E-state index contributed by atoms with van der Waals surface area (Å²) in [6.07, 6.45) is 3.48. The van der Waals surface area contributed by atoms with E-state index < -0.39 is 0 Å². The Bertz CT molecular complexity index is 645. The summed E-state index contributed by atoms with van der Waals surface area (Å²) in [6.45, 7) is 0. The summed E-state index contributed by atoms with van der Waals surface area (Å²) in [5.74, 6) is -0.138. The van der Waals surface area contributed by atoms with Gasteiger partial charge in [-0.25, -0.2) is 0 Å². The molecule has 0 spiro atoms. The lowest BCUT2D eigenvalue weighted by atomic mass is 10.1. The van der Waals surface area contributed by atoms with E-state index in [1.54, 1.807) is 38.7 Å². The SMILES string of the molecule is CN=Cc1cc(C=NC)cc(NC(=O)c2ccccc2)c1. The molecule has 2 aromatic carbocycles. The molecule has 1 N–H and O–H groups in total. The van der Waals surface area contributed by atoms with Gasteiger partial charge in [0.15, 0.2) is 0 Å². The first kappa shape index (κ1) is 14.7. The zero-order chi connectivity index (χ0) is 15.1. The van der Waals surface area contributed by atoms with E-state index in [2.05, 4.69) is 15.3 Å². The van der Waals surface area contributed by atoms with E-state index >= 15 is 0 Å². The molecule has 2 aromatic rings. The highest BCUT2D eigenvalue weighted by molar-refractivity contribution is 6.05. The van der Waals surface area contributed by atoms with Gasteiger partial charge in [-0.2, -0.15) is 0 Å². The fraction of sp³-hybridized carbons (Fsp3) is 0.118. The van der Waals surface area contributed by atoms with Crippen LogP contribution in [-0.2, 0) is 0 Å². The smallest absolute Gasteiger partial charge is 0.255 e. The Hall–Kier alpha value is -2.75. The van der Waals surface area contributed by atoms with Gasteiger partial charge in [0, 0.05) is 37.8 Å². The van der Waals surface area contributed by atoms with Crippen molar-refractivity contribution >= 4 is 24.0 Å². The third-order valence-corrected chi connectivity index (χ3v) is 2.83. The number of carbonyl (C=O) groups excluding carboxylic acids is 1. The van der Waals surface area contributed by atoms with Crippen LogP contribution in [0.3, 0.4) is 0 Å². The summed E-state index contributed by atoms with van der Waals surface area (Å²) in [4.78, 5) is 20.2. The first-order valence-electron chi connectivity index (χ1n) is 6.59. The molecule has 106 valence electrons. The fourth-order valence-corrected chi connectivity index (χ4v) is 1.99. The molecule has 0 atom stereocenters. The third kappa shape index (κ3) is 4.11. The lowest BCUT2D eigenvalue weighted by Crippen LogP contribution is -2.12. The lowest BCUT2D eigenvalue weighted by molar-refractivity contribution is 0.102. The number of nitrogens with zero attached hydrogens (tertiary/aromatic N) is 2. The van der Waals surface area contributed by atoms with E-state index in [0.29, 0.717) is 5.56 Å². The molecule has 0 saturated heterocycles.